The van der Waals surface area contributed by atoms with Crippen molar-refractivity contribution < 1.29 is 9.47 Å². The summed E-state index contributed by atoms with van der Waals surface area (Å²) in [6.07, 6.45) is 8.80. The molecule has 2 aromatic heterocycles. The number of morpholine rings is 1. The molecule has 178 valence electrons. The van der Waals surface area contributed by atoms with Gasteiger partial charge in [0.05, 0.1) is 37.3 Å². The van der Waals surface area contributed by atoms with Crippen LogP contribution < -0.4 is 15.4 Å². The zero-order valence-electron chi connectivity index (χ0n) is 19.3. The molecular formula is C23H32ClN7O2. The number of likely N-dealkylation sites (tertiary alicyclic amines) is 1. The Morgan fingerprint density at radius 3 is 2.70 bits per heavy atom. The van der Waals surface area contributed by atoms with Gasteiger partial charge >= 0.3 is 0 Å². The van der Waals surface area contributed by atoms with Gasteiger partial charge in [0.1, 0.15) is 10.7 Å². The number of fused-ring (bicyclic) bond motifs is 5. The Balaban J connectivity index is 1.22. The molecule has 9 nitrogen and oxygen atoms in total. The third kappa shape index (κ3) is 4.04. The summed E-state index contributed by atoms with van der Waals surface area (Å²) in [5.41, 5.74) is 1.90. The minimum absolute atomic E-state index is 0.163. The van der Waals surface area contributed by atoms with E-state index in [1.54, 1.807) is 6.20 Å². The topological polar surface area (TPSA) is 89.4 Å². The summed E-state index contributed by atoms with van der Waals surface area (Å²) in [4.78, 5) is 11.7. The molecule has 1 aliphatic carbocycles. The Labute approximate surface area is 199 Å². The zero-order valence-corrected chi connectivity index (χ0v) is 20.0. The first-order valence-corrected chi connectivity index (χ1v) is 12.6. The third-order valence-corrected chi connectivity index (χ3v) is 7.97. The van der Waals surface area contributed by atoms with Crippen LogP contribution in [0.3, 0.4) is 0 Å². The minimum Gasteiger partial charge on any atom is -0.475 e. The molecule has 0 spiro atoms. The van der Waals surface area contributed by atoms with Crippen molar-refractivity contribution in [1.29, 1.82) is 0 Å². The molecule has 0 radical (unpaired) electrons. The van der Waals surface area contributed by atoms with Crippen LogP contribution in [0.15, 0.2) is 6.20 Å². The van der Waals surface area contributed by atoms with E-state index < -0.39 is 0 Å². The summed E-state index contributed by atoms with van der Waals surface area (Å²) < 4.78 is 14.1. The molecule has 2 aromatic rings. The lowest BCUT2D eigenvalue weighted by atomic mass is 9.89. The molecule has 6 rings (SSSR count). The molecule has 2 N–H and O–H groups in total. The van der Waals surface area contributed by atoms with E-state index in [4.69, 9.17) is 26.2 Å². The number of nitrogens with one attached hydrogen (secondary N) is 2. The van der Waals surface area contributed by atoms with E-state index in [0.29, 0.717) is 53.5 Å². The van der Waals surface area contributed by atoms with Gasteiger partial charge in [0.15, 0.2) is 5.82 Å². The van der Waals surface area contributed by atoms with Crippen LogP contribution in [-0.2, 0) is 4.74 Å². The number of hydrogen-bond acceptors (Lipinski definition) is 8. The first-order valence-electron chi connectivity index (χ1n) is 12.2. The predicted molar refractivity (Wildman–Crippen MR) is 127 cm³/mol. The molecule has 1 unspecified atom stereocenters. The SMILES string of the molecule is Cc1c2c(nn1C1CCC(N3C[C@@H]4C[C@H]3CO4)CC1)OCCC(C)Nc1nc(ncc1Cl)N2. The average molecular weight is 474 g/mol. The van der Waals surface area contributed by atoms with Gasteiger partial charge in [-0.3, -0.25) is 9.58 Å². The first-order chi connectivity index (χ1) is 16.0. The second kappa shape index (κ2) is 8.60. The maximum atomic E-state index is 6.30. The van der Waals surface area contributed by atoms with E-state index in [2.05, 4.69) is 44.0 Å². The molecule has 3 aliphatic heterocycles. The lowest BCUT2D eigenvalue weighted by molar-refractivity contribution is 0.000596. The Morgan fingerprint density at radius 2 is 1.94 bits per heavy atom. The standard InChI is InChI=1S/C23H32ClN7O2/c1-13-7-8-32-22-20(27-23-25-10-19(24)21(26-13)28-23)14(2)31(29-22)16-5-3-15(4-6-16)30-11-18-9-17(30)12-33-18/h10,13,15-18H,3-9,11-12H2,1-2H3,(H2,25,26,27,28)/t13?,15?,16?,17-,18-/m0/s1. The van der Waals surface area contributed by atoms with Crippen molar-refractivity contribution in [1.82, 2.24) is 24.6 Å². The first kappa shape index (κ1) is 21.4. The van der Waals surface area contributed by atoms with Crippen LogP contribution in [0.1, 0.15) is 57.2 Å². The van der Waals surface area contributed by atoms with E-state index in [-0.39, 0.29) is 6.04 Å². The van der Waals surface area contributed by atoms with E-state index in [9.17, 15) is 0 Å². The summed E-state index contributed by atoms with van der Waals surface area (Å²) in [7, 11) is 0. The van der Waals surface area contributed by atoms with Crippen LogP contribution in [-0.4, -0.2) is 68.6 Å². The number of ether oxygens (including phenoxy) is 2. The fraction of sp³-hybridized carbons (Fsp3) is 0.696. The molecule has 4 aliphatic rings. The van der Waals surface area contributed by atoms with Gasteiger partial charge in [0.2, 0.25) is 5.95 Å². The van der Waals surface area contributed by atoms with Gasteiger partial charge in [0.25, 0.3) is 5.88 Å². The number of halogens is 1. The lowest BCUT2D eigenvalue weighted by Gasteiger charge is -2.39. The summed E-state index contributed by atoms with van der Waals surface area (Å²) in [6.45, 7) is 6.79. The predicted octanol–water partition coefficient (Wildman–Crippen LogP) is 3.92. The highest BCUT2D eigenvalue weighted by molar-refractivity contribution is 6.32. The van der Waals surface area contributed by atoms with Crippen LogP contribution in [0.2, 0.25) is 5.02 Å². The highest BCUT2D eigenvalue weighted by atomic mass is 35.5. The smallest absolute Gasteiger partial charge is 0.257 e. The molecule has 2 saturated heterocycles. The Bertz CT molecular complexity index is 1020. The molecule has 5 heterocycles. The molecule has 1 saturated carbocycles. The van der Waals surface area contributed by atoms with Gasteiger partial charge in [-0.1, -0.05) is 11.6 Å². The van der Waals surface area contributed by atoms with Gasteiger partial charge in [-0.2, -0.15) is 4.98 Å². The maximum absolute atomic E-state index is 6.30. The van der Waals surface area contributed by atoms with E-state index in [0.717, 1.165) is 43.8 Å². The van der Waals surface area contributed by atoms with E-state index >= 15 is 0 Å². The number of nitrogens with zero attached hydrogens (tertiary/aromatic N) is 5. The van der Waals surface area contributed by atoms with Gasteiger partial charge in [-0.05, 0) is 46.0 Å². The van der Waals surface area contributed by atoms with Crippen molar-refractivity contribution in [3.05, 3.63) is 16.9 Å². The molecule has 0 amide bonds. The van der Waals surface area contributed by atoms with Crippen LogP contribution in [0.4, 0.5) is 17.5 Å². The number of hydrogen-bond donors (Lipinski definition) is 2. The Morgan fingerprint density at radius 1 is 1.12 bits per heavy atom. The average Bonchev–Trinajstić information content (AvgIpc) is 3.52. The quantitative estimate of drug-likeness (QED) is 0.678. The molecule has 33 heavy (non-hydrogen) atoms. The van der Waals surface area contributed by atoms with Crippen molar-refractivity contribution >= 4 is 29.1 Å². The molecule has 3 fully saturated rings. The van der Waals surface area contributed by atoms with Crippen LogP contribution >= 0.6 is 11.6 Å². The van der Waals surface area contributed by atoms with Gasteiger partial charge in [0, 0.05) is 31.1 Å². The highest BCUT2D eigenvalue weighted by Crippen LogP contribution is 2.40. The monoisotopic (exact) mass is 473 g/mol. The normalized spacial score (nSPS) is 31.8. The largest absolute Gasteiger partial charge is 0.475 e. The second-order valence-corrected chi connectivity index (χ2v) is 10.3. The van der Waals surface area contributed by atoms with Crippen LogP contribution in [0.5, 0.6) is 5.88 Å². The van der Waals surface area contributed by atoms with Gasteiger partial charge in [-0.15, -0.1) is 5.10 Å². The Kier molecular flexibility index (Phi) is 5.58. The number of rotatable bonds is 2. The fourth-order valence-electron chi connectivity index (χ4n) is 5.88. The molecule has 4 bridgehead atoms. The lowest BCUT2D eigenvalue weighted by Crippen LogP contribution is -2.45. The third-order valence-electron chi connectivity index (χ3n) is 7.70. The van der Waals surface area contributed by atoms with Gasteiger partial charge in [-0.25, -0.2) is 4.98 Å². The van der Waals surface area contributed by atoms with Crippen molar-refractivity contribution in [2.75, 3.05) is 30.4 Å². The van der Waals surface area contributed by atoms with Crippen molar-refractivity contribution in [2.24, 2.45) is 0 Å². The van der Waals surface area contributed by atoms with E-state index in [1.807, 2.05) is 0 Å². The van der Waals surface area contributed by atoms with Crippen molar-refractivity contribution in [2.45, 2.75) is 82.6 Å². The maximum Gasteiger partial charge on any atom is 0.257 e. The molecule has 3 atom stereocenters. The summed E-state index contributed by atoms with van der Waals surface area (Å²) in [5, 5.41) is 12.1. The summed E-state index contributed by atoms with van der Waals surface area (Å²) in [5.74, 6) is 1.74. The van der Waals surface area contributed by atoms with E-state index in [1.165, 1.54) is 19.3 Å². The summed E-state index contributed by atoms with van der Waals surface area (Å²) in [6, 6.07) is 1.86. The van der Waals surface area contributed by atoms with Crippen LogP contribution in [0, 0.1) is 6.92 Å². The molecule has 0 aromatic carbocycles. The minimum atomic E-state index is 0.163. The zero-order chi connectivity index (χ0) is 22.5. The van der Waals surface area contributed by atoms with Crippen LogP contribution in [0.25, 0.3) is 0 Å². The molecular weight excluding hydrogens is 442 g/mol. The fourth-order valence-corrected chi connectivity index (χ4v) is 6.03. The number of anilines is 3. The highest BCUT2D eigenvalue weighted by Gasteiger charge is 2.43. The number of aromatic nitrogens is 4. The second-order valence-electron chi connectivity index (χ2n) is 9.91. The summed E-state index contributed by atoms with van der Waals surface area (Å²) >= 11 is 6.30. The Hall–Kier alpha value is -2.10. The van der Waals surface area contributed by atoms with Gasteiger partial charge < -0.3 is 20.1 Å². The van der Waals surface area contributed by atoms with Crippen molar-refractivity contribution in [3.63, 3.8) is 0 Å². The van der Waals surface area contributed by atoms with Crippen molar-refractivity contribution in [3.8, 4) is 5.88 Å². The molecule has 10 heteroatoms.